The Kier molecular flexibility index (Phi) is 7.60. The molecule has 0 radical (unpaired) electrons. The summed E-state index contributed by atoms with van der Waals surface area (Å²) < 4.78 is 13.9. The van der Waals surface area contributed by atoms with E-state index in [4.69, 9.17) is 14.3 Å². The topological polar surface area (TPSA) is 63.7 Å². The molecule has 172 valence electrons. The van der Waals surface area contributed by atoms with Gasteiger partial charge >= 0.3 is 0 Å². The van der Waals surface area contributed by atoms with E-state index >= 15 is 0 Å². The lowest BCUT2D eigenvalue weighted by molar-refractivity contribution is 0.0968. The van der Waals surface area contributed by atoms with Gasteiger partial charge < -0.3 is 14.3 Å². The van der Waals surface area contributed by atoms with Crippen LogP contribution in [0.3, 0.4) is 0 Å². The monoisotopic (exact) mass is 445 g/mol. The summed E-state index contributed by atoms with van der Waals surface area (Å²) in [5, 5.41) is 15.3. The van der Waals surface area contributed by atoms with Crippen molar-refractivity contribution in [2.75, 3.05) is 6.54 Å². The smallest absolute Gasteiger partial charge is 0.227 e. The Morgan fingerprint density at radius 1 is 0.970 bits per heavy atom. The van der Waals surface area contributed by atoms with E-state index in [1.807, 2.05) is 84.4 Å². The fourth-order valence-electron chi connectivity index (χ4n) is 3.83. The molecule has 0 unspecified atom stereocenters. The third-order valence-electron chi connectivity index (χ3n) is 5.59. The van der Waals surface area contributed by atoms with E-state index in [-0.39, 0.29) is 0 Å². The Labute approximate surface area is 195 Å². The number of ether oxygens (including phenoxy) is 1. The summed E-state index contributed by atoms with van der Waals surface area (Å²) in [7, 11) is 0. The van der Waals surface area contributed by atoms with Gasteiger partial charge in [0, 0.05) is 13.1 Å². The normalized spacial score (nSPS) is 12.2. The van der Waals surface area contributed by atoms with Crippen LogP contribution in [-0.4, -0.2) is 32.4 Å². The maximum absolute atomic E-state index is 10.4. The van der Waals surface area contributed by atoms with Gasteiger partial charge in [-0.25, -0.2) is 4.68 Å². The molecule has 2 heterocycles. The first-order chi connectivity index (χ1) is 16.2. The molecule has 0 spiro atoms. The van der Waals surface area contributed by atoms with Crippen molar-refractivity contribution in [3.05, 3.63) is 96.1 Å². The zero-order valence-corrected chi connectivity index (χ0v) is 19.2. The number of para-hydroxylation sites is 2. The first-order valence-electron chi connectivity index (χ1n) is 11.5. The summed E-state index contributed by atoms with van der Waals surface area (Å²) in [5.74, 6) is 2.31. The van der Waals surface area contributed by atoms with Crippen molar-refractivity contribution in [1.29, 1.82) is 0 Å². The Bertz CT molecular complexity index is 1110. The molecule has 0 saturated heterocycles. The van der Waals surface area contributed by atoms with Gasteiger partial charge in [0.15, 0.2) is 0 Å². The van der Waals surface area contributed by atoms with E-state index in [1.165, 1.54) is 0 Å². The quantitative estimate of drug-likeness (QED) is 0.326. The fraction of sp³-hybridized carbons (Fsp3) is 0.296. The van der Waals surface area contributed by atoms with Gasteiger partial charge in [0.1, 0.15) is 11.5 Å². The van der Waals surface area contributed by atoms with E-state index in [2.05, 4.69) is 11.8 Å². The predicted molar refractivity (Wildman–Crippen MR) is 129 cm³/mol. The first kappa shape index (κ1) is 22.8. The standard InChI is InChI=1S/C27H31N3O3/c1-3-22(31)18-29(19-24-16-11-17-32-24)20-25-26(4-2)28-30(21-12-7-5-8-13-21)27(25)33-23-14-9-6-10-15-23/h5-17,22,31H,3-4,18-20H2,1-2H3/t22-/m0/s1. The van der Waals surface area contributed by atoms with Crippen LogP contribution in [0.5, 0.6) is 11.6 Å². The van der Waals surface area contributed by atoms with Gasteiger partial charge in [-0.3, -0.25) is 4.90 Å². The fourth-order valence-corrected chi connectivity index (χ4v) is 3.83. The number of aliphatic hydroxyl groups excluding tert-OH is 1. The van der Waals surface area contributed by atoms with Gasteiger partial charge in [-0.05, 0) is 49.2 Å². The number of benzene rings is 2. The van der Waals surface area contributed by atoms with Gasteiger partial charge in [-0.1, -0.05) is 50.2 Å². The second kappa shape index (κ2) is 11.0. The number of rotatable bonds is 11. The minimum absolute atomic E-state index is 0.423. The van der Waals surface area contributed by atoms with Gasteiger partial charge in [0.2, 0.25) is 5.88 Å². The van der Waals surface area contributed by atoms with Crippen molar-refractivity contribution >= 4 is 0 Å². The molecule has 1 N–H and O–H groups in total. The maximum atomic E-state index is 10.4. The molecule has 0 aliphatic heterocycles. The molecule has 0 bridgehead atoms. The molecule has 2 aromatic carbocycles. The van der Waals surface area contributed by atoms with Crippen molar-refractivity contribution in [3.8, 4) is 17.3 Å². The summed E-state index contributed by atoms with van der Waals surface area (Å²) in [6.07, 6.45) is 2.71. The maximum Gasteiger partial charge on any atom is 0.227 e. The number of furan rings is 1. The number of hydrogen-bond donors (Lipinski definition) is 1. The van der Waals surface area contributed by atoms with E-state index in [0.717, 1.165) is 34.9 Å². The molecule has 33 heavy (non-hydrogen) atoms. The van der Waals surface area contributed by atoms with Crippen LogP contribution in [0.2, 0.25) is 0 Å². The SMILES string of the molecule is CCc1nn(-c2ccccc2)c(Oc2ccccc2)c1CN(Cc1ccco1)C[C@@H](O)CC. The number of hydrogen-bond acceptors (Lipinski definition) is 5. The van der Waals surface area contributed by atoms with E-state index in [0.29, 0.717) is 31.9 Å². The minimum Gasteiger partial charge on any atom is -0.468 e. The Morgan fingerprint density at radius 2 is 1.70 bits per heavy atom. The molecule has 0 aliphatic rings. The highest BCUT2D eigenvalue weighted by atomic mass is 16.5. The highest BCUT2D eigenvalue weighted by molar-refractivity contribution is 5.43. The minimum atomic E-state index is -0.423. The van der Waals surface area contributed by atoms with Crippen LogP contribution in [0, 0.1) is 0 Å². The molecule has 6 heteroatoms. The molecular formula is C27H31N3O3. The average Bonchev–Trinajstić information content (AvgIpc) is 3.48. The molecule has 2 aromatic heterocycles. The predicted octanol–water partition coefficient (Wildman–Crippen LogP) is 5.59. The third kappa shape index (κ3) is 5.72. The van der Waals surface area contributed by atoms with Crippen molar-refractivity contribution in [3.63, 3.8) is 0 Å². The summed E-state index contributed by atoms with van der Waals surface area (Å²) in [5.41, 5.74) is 2.93. The molecule has 4 aromatic rings. The van der Waals surface area contributed by atoms with Crippen molar-refractivity contribution < 1.29 is 14.3 Å². The molecule has 6 nitrogen and oxygen atoms in total. The van der Waals surface area contributed by atoms with Crippen LogP contribution in [0.1, 0.15) is 37.3 Å². The number of aromatic nitrogens is 2. The molecule has 0 aliphatic carbocycles. The van der Waals surface area contributed by atoms with Crippen molar-refractivity contribution in [2.45, 2.75) is 45.9 Å². The number of nitrogens with zero attached hydrogens (tertiary/aromatic N) is 3. The second-order valence-electron chi connectivity index (χ2n) is 8.06. The van der Waals surface area contributed by atoms with Crippen LogP contribution in [-0.2, 0) is 19.5 Å². The molecular weight excluding hydrogens is 414 g/mol. The van der Waals surface area contributed by atoms with E-state index in [9.17, 15) is 5.11 Å². The molecule has 0 saturated carbocycles. The van der Waals surface area contributed by atoms with Crippen LogP contribution >= 0.6 is 0 Å². The first-order valence-corrected chi connectivity index (χ1v) is 11.5. The average molecular weight is 446 g/mol. The van der Waals surface area contributed by atoms with Gasteiger partial charge in [-0.2, -0.15) is 5.10 Å². The molecule has 0 fully saturated rings. The zero-order chi connectivity index (χ0) is 23.0. The third-order valence-corrected chi connectivity index (χ3v) is 5.59. The van der Waals surface area contributed by atoms with Gasteiger partial charge in [-0.15, -0.1) is 0 Å². The van der Waals surface area contributed by atoms with Crippen LogP contribution < -0.4 is 4.74 Å². The molecule has 4 rings (SSSR count). The number of aryl methyl sites for hydroxylation is 1. The summed E-state index contributed by atoms with van der Waals surface area (Å²) in [6.45, 7) is 5.79. The summed E-state index contributed by atoms with van der Waals surface area (Å²) in [6, 6.07) is 23.6. The summed E-state index contributed by atoms with van der Waals surface area (Å²) >= 11 is 0. The van der Waals surface area contributed by atoms with Gasteiger partial charge in [0.05, 0.1) is 35.9 Å². The van der Waals surface area contributed by atoms with Crippen LogP contribution in [0.25, 0.3) is 5.69 Å². The van der Waals surface area contributed by atoms with E-state index in [1.54, 1.807) is 6.26 Å². The van der Waals surface area contributed by atoms with Crippen molar-refractivity contribution in [1.82, 2.24) is 14.7 Å². The highest BCUT2D eigenvalue weighted by Crippen LogP contribution is 2.32. The summed E-state index contributed by atoms with van der Waals surface area (Å²) in [4.78, 5) is 2.19. The Morgan fingerprint density at radius 3 is 2.33 bits per heavy atom. The largest absolute Gasteiger partial charge is 0.468 e. The lowest BCUT2D eigenvalue weighted by atomic mass is 10.1. The highest BCUT2D eigenvalue weighted by Gasteiger charge is 2.24. The Balaban J connectivity index is 1.75. The van der Waals surface area contributed by atoms with Crippen molar-refractivity contribution in [2.24, 2.45) is 0 Å². The lowest BCUT2D eigenvalue weighted by Crippen LogP contribution is -2.31. The number of aliphatic hydroxyl groups is 1. The van der Waals surface area contributed by atoms with Crippen LogP contribution in [0.15, 0.2) is 83.5 Å². The zero-order valence-electron chi connectivity index (χ0n) is 19.2. The second-order valence-corrected chi connectivity index (χ2v) is 8.06. The lowest BCUT2D eigenvalue weighted by Gasteiger charge is -2.24. The Hall–Kier alpha value is -3.35. The molecule has 1 atom stereocenters. The van der Waals surface area contributed by atoms with Crippen LogP contribution in [0.4, 0.5) is 0 Å². The van der Waals surface area contributed by atoms with Gasteiger partial charge in [0.25, 0.3) is 0 Å². The molecule has 0 amide bonds. The van der Waals surface area contributed by atoms with E-state index < -0.39 is 6.10 Å².